The molecule has 0 atom stereocenters. The lowest BCUT2D eigenvalue weighted by Gasteiger charge is -2.05. The van der Waals surface area contributed by atoms with E-state index >= 15 is 0 Å². The fourth-order valence-corrected chi connectivity index (χ4v) is 1.04. The number of benzene rings is 1. The molecule has 1 aromatic carbocycles. The Morgan fingerprint density at radius 3 is 1.52 bits per heavy atom. The molecule has 0 N–H and O–H groups in total. The van der Waals surface area contributed by atoms with Gasteiger partial charge in [0.15, 0.2) is 23.3 Å². The van der Waals surface area contributed by atoms with Crippen molar-refractivity contribution in [2.24, 2.45) is 0 Å². The summed E-state index contributed by atoms with van der Waals surface area (Å²) >= 11 is 0. The van der Waals surface area contributed by atoms with E-state index in [2.05, 4.69) is 17.9 Å². The Kier molecular flexibility index (Phi) is 6.94. The van der Waals surface area contributed by atoms with Gasteiger partial charge in [-0.3, -0.25) is 0 Å². The topological polar surface area (TPSA) is 26.3 Å². The normalized spacial score (nSPS) is 10.5. The van der Waals surface area contributed by atoms with Gasteiger partial charge in [-0.05, 0) is 0 Å². The molecule has 1 aromatic rings. The van der Waals surface area contributed by atoms with Crippen LogP contribution in [-0.2, 0) is 9.53 Å². The van der Waals surface area contributed by atoms with Gasteiger partial charge >= 0.3 is 12.1 Å². The highest BCUT2D eigenvalue weighted by molar-refractivity contribution is 5.88. The molecule has 0 saturated heterocycles. The molecule has 0 aliphatic carbocycles. The Labute approximate surface area is 124 Å². The molecule has 2 nitrogen and oxygen atoms in total. The molecule has 0 aliphatic heterocycles. The van der Waals surface area contributed by atoms with Crippen molar-refractivity contribution in [1.82, 2.24) is 0 Å². The number of rotatable bonds is 2. The van der Waals surface area contributed by atoms with Crippen molar-refractivity contribution in [3.05, 3.63) is 53.4 Å². The molecular weight excluding hydrogens is 340 g/mol. The number of hydrogen-bond acceptors (Lipinski definition) is 2. The number of methoxy groups -OCH3 is 1. The number of esters is 1. The predicted molar refractivity (Wildman–Crippen MR) is 63.5 cm³/mol. The third-order valence-corrected chi connectivity index (χ3v) is 2.22. The first kappa shape index (κ1) is 20.6. The first-order chi connectivity index (χ1) is 10.4. The predicted octanol–water partition coefficient (Wildman–Crippen LogP) is 4.30. The number of carbonyl (C=O) groups excluding carboxylic acids is 1. The van der Waals surface area contributed by atoms with E-state index in [1.165, 1.54) is 0 Å². The van der Waals surface area contributed by atoms with Gasteiger partial charge in [-0.2, -0.15) is 13.2 Å². The zero-order valence-electron chi connectivity index (χ0n) is 11.3. The maximum Gasteiger partial charge on any atom is 0.422 e. The second-order valence-corrected chi connectivity index (χ2v) is 3.66. The van der Waals surface area contributed by atoms with E-state index in [0.29, 0.717) is 6.08 Å². The Balaban J connectivity index is 0.000000438. The molecule has 128 valence electrons. The minimum absolute atomic E-state index is 0.566. The van der Waals surface area contributed by atoms with Crippen LogP contribution in [0.2, 0.25) is 0 Å². The van der Waals surface area contributed by atoms with E-state index in [9.17, 15) is 39.9 Å². The summed E-state index contributed by atoms with van der Waals surface area (Å²) in [5.41, 5.74) is -2.51. The van der Waals surface area contributed by atoms with Gasteiger partial charge in [0.25, 0.3) is 0 Å². The van der Waals surface area contributed by atoms with E-state index in [4.69, 9.17) is 0 Å². The molecular formula is C13H8F8O2. The zero-order chi connectivity index (χ0) is 18.5. The molecule has 1 rings (SSSR count). The fourth-order valence-electron chi connectivity index (χ4n) is 1.04. The van der Waals surface area contributed by atoms with Gasteiger partial charge in [-0.1, -0.05) is 19.2 Å². The van der Waals surface area contributed by atoms with Gasteiger partial charge < -0.3 is 4.74 Å². The summed E-state index contributed by atoms with van der Waals surface area (Å²) in [6, 6.07) is 0. The van der Waals surface area contributed by atoms with Crippen molar-refractivity contribution in [1.29, 1.82) is 0 Å². The highest BCUT2D eigenvalue weighted by Gasteiger charge is 2.37. The summed E-state index contributed by atoms with van der Waals surface area (Å²) in [5.74, 6) is -11.3. The standard InChI is InChI=1S/C8H3F5.C5H5F3O2/c1-2-3-4(9)6(11)8(13)7(12)5(3)10;1-3(4(9)10-2)5(6,7)8/h2H,1H2;1H2,2H3. The van der Waals surface area contributed by atoms with Crippen molar-refractivity contribution >= 4 is 12.0 Å². The lowest BCUT2D eigenvalue weighted by molar-refractivity contribution is -0.147. The van der Waals surface area contributed by atoms with Crippen LogP contribution in [0.5, 0.6) is 0 Å². The minimum atomic E-state index is -4.69. The second-order valence-electron chi connectivity index (χ2n) is 3.66. The van der Waals surface area contributed by atoms with Crippen LogP contribution < -0.4 is 0 Å². The first-order valence-corrected chi connectivity index (χ1v) is 5.38. The number of carbonyl (C=O) groups is 1. The summed E-state index contributed by atoms with van der Waals surface area (Å²) in [4.78, 5) is 10.1. The quantitative estimate of drug-likeness (QED) is 0.262. The summed E-state index contributed by atoms with van der Waals surface area (Å²) in [6.45, 7) is 5.43. The molecule has 10 heteroatoms. The maximum absolute atomic E-state index is 12.6. The smallest absolute Gasteiger partial charge is 0.422 e. The Morgan fingerprint density at radius 1 is 0.957 bits per heavy atom. The number of ether oxygens (including phenoxy) is 1. The summed E-state index contributed by atoms with van der Waals surface area (Å²) in [5, 5.41) is 0. The van der Waals surface area contributed by atoms with Crippen molar-refractivity contribution in [2.45, 2.75) is 6.18 Å². The fraction of sp³-hybridized carbons (Fsp3) is 0.154. The lowest BCUT2D eigenvalue weighted by Crippen LogP contribution is -2.19. The molecule has 0 radical (unpaired) electrons. The molecule has 0 unspecified atom stereocenters. The largest absolute Gasteiger partial charge is 0.465 e. The molecule has 0 saturated carbocycles. The molecule has 0 fully saturated rings. The van der Waals surface area contributed by atoms with Gasteiger partial charge in [0.05, 0.1) is 12.7 Å². The van der Waals surface area contributed by atoms with Crippen LogP contribution in [0.15, 0.2) is 18.7 Å². The molecule has 0 amide bonds. The minimum Gasteiger partial charge on any atom is -0.465 e. The van der Waals surface area contributed by atoms with Gasteiger partial charge in [0, 0.05) is 0 Å². The summed E-state index contributed by atoms with van der Waals surface area (Å²) in [6.07, 6.45) is -4.12. The van der Waals surface area contributed by atoms with Crippen molar-refractivity contribution in [3.8, 4) is 0 Å². The van der Waals surface area contributed by atoms with Crippen LogP contribution in [0.3, 0.4) is 0 Å². The molecule has 23 heavy (non-hydrogen) atoms. The van der Waals surface area contributed by atoms with Gasteiger partial charge in [-0.25, -0.2) is 26.7 Å². The molecule has 0 aromatic heterocycles. The average molecular weight is 348 g/mol. The lowest BCUT2D eigenvalue weighted by atomic mass is 10.1. The number of alkyl halides is 3. The van der Waals surface area contributed by atoms with E-state index in [0.717, 1.165) is 7.11 Å². The Hall–Kier alpha value is -2.39. The first-order valence-electron chi connectivity index (χ1n) is 5.38. The maximum atomic E-state index is 12.6. The van der Waals surface area contributed by atoms with Crippen LogP contribution >= 0.6 is 0 Å². The monoisotopic (exact) mass is 348 g/mol. The van der Waals surface area contributed by atoms with Gasteiger partial charge in [0.1, 0.15) is 5.57 Å². The second kappa shape index (κ2) is 7.75. The molecule has 0 bridgehead atoms. The highest BCUT2D eigenvalue weighted by atomic mass is 19.4. The van der Waals surface area contributed by atoms with E-state index < -0.39 is 52.4 Å². The van der Waals surface area contributed by atoms with Crippen LogP contribution in [0.1, 0.15) is 5.56 Å². The Morgan fingerprint density at radius 2 is 1.30 bits per heavy atom. The summed E-state index contributed by atoms with van der Waals surface area (Å²) < 4.78 is 101. The van der Waals surface area contributed by atoms with E-state index in [-0.39, 0.29) is 0 Å². The van der Waals surface area contributed by atoms with Gasteiger partial charge in [-0.15, -0.1) is 0 Å². The van der Waals surface area contributed by atoms with Crippen molar-refractivity contribution in [3.63, 3.8) is 0 Å². The van der Waals surface area contributed by atoms with Gasteiger partial charge in [0.2, 0.25) is 5.82 Å². The molecule has 0 aliphatic rings. The molecule has 0 spiro atoms. The average Bonchev–Trinajstić information content (AvgIpc) is 2.49. The third-order valence-electron chi connectivity index (χ3n) is 2.22. The van der Waals surface area contributed by atoms with Crippen LogP contribution in [0, 0.1) is 29.1 Å². The van der Waals surface area contributed by atoms with Crippen molar-refractivity contribution in [2.75, 3.05) is 7.11 Å². The third kappa shape index (κ3) is 4.80. The van der Waals surface area contributed by atoms with Crippen LogP contribution in [0.25, 0.3) is 6.08 Å². The van der Waals surface area contributed by atoms with Crippen molar-refractivity contribution < 1.29 is 44.7 Å². The van der Waals surface area contributed by atoms with E-state index in [1.54, 1.807) is 0 Å². The Bertz CT molecular complexity index is 605. The summed E-state index contributed by atoms with van der Waals surface area (Å²) in [7, 11) is 0.860. The highest BCUT2D eigenvalue weighted by Crippen LogP contribution is 2.24. The van der Waals surface area contributed by atoms with Crippen LogP contribution in [0.4, 0.5) is 35.1 Å². The van der Waals surface area contributed by atoms with Crippen LogP contribution in [-0.4, -0.2) is 19.3 Å². The molecule has 0 heterocycles. The number of halogens is 8. The van der Waals surface area contributed by atoms with E-state index in [1.807, 2.05) is 0 Å². The zero-order valence-corrected chi connectivity index (χ0v) is 11.3. The SMILES string of the molecule is C=C(C(=O)OC)C(F)(F)F.C=Cc1c(F)c(F)c(F)c(F)c1F. The number of hydrogen-bond donors (Lipinski definition) is 0.